The Morgan fingerprint density at radius 2 is 1.73 bits per heavy atom. The van der Waals surface area contributed by atoms with E-state index < -0.39 is 46.8 Å². The second kappa shape index (κ2) is 19.2. The van der Waals surface area contributed by atoms with E-state index in [0.29, 0.717) is 42.4 Å². The van der Waals surface area contributed by atoms with E-state index in [9.17, 15) is 27.5 Å². The van der Waals surface area contributed by atoms with Crippen LogP contribution in [0.15, 0.2) is 100 Å². The predicted molar refractivity (Wildman–Crippen MR) is 262 cm³/mol. The molecule has 15 nitrogen and oxygen atoms in total. The van der Waals surface area contributed by atoms with Crippen LogP contribution in [0.2, 0.25) is 5.02 Å². The molecular formula is C48H56ClFN8O7S2. The molecule has 356 valence electrons. The number of hydrogen-bond acceptors (Lipinski definition) is 12. The first-order chi connectivity index (χ1) is 31.7. The number of nitro benzene ring substituents is 1. The van der Waals surface area contributed by atoms with Gasteiger partial charge in [0.25, 0.3) is 21.6 Å². The number of halogens is 2. The molecule has 2 aliphatic carbocycles. The Bertz CT molecular complexity index is 2950. The zero-order valence-electron chi connectivity index (χ0n) is 38.0. The number of H-pyrrole nitrogens is 1. The second-order valence-corrected chi connectivity index (χ2v) is 23.6. The first kappa shape index (κ1) is 47.9. The maximum Gasteiger partial charge on any atom is 0.293 e. The van der Waals surface area contributed by atoms with Gasteiger partial charge in [-0.15, -0.1) is 0 Å². The van der Waals surface area contributed by atoms with E-state index in [2.05, 4.69) is 60.1 Å². The van der Waals surface area contributed by atoms with Gasteiger partial charge in [0, 0.05) is 95.9 Å². The Kier molecular flexibility index (Phi) is 13.7. The van der Waals surface area contributed by atoms with Gasteiger partial charge in [0.15, 0.2) is 0 Å². The summed E-state index contributed by atoms with van der Waals surface area (Å²) in [5.41, 5.74) is 3.18. The summed E-state index contributed by atoms with van der Waals surface area (Å²) in [6.07, 6.45) is 10.4. The van der Waals surface area contributed by atoms with E-state index in [1.54, 1.807) is 24.4 Å². The van der Waals surface area contributed by atoms with E-state index in [0.717, 1.165) is 62.1 Å². The fraction of sp³-hybridized carbons (Fsp3) is 0.417. The van der Waals surface area contributed by atoms with Gasteiger partial charge in [0.05, 0.1) is 27.6 Å². The molecule has 3 aromatic carbocycles. The van der Waals surface area contributed by atoms with Crippen LogP contribution >= 0.6 is 11.6 Å². The van der Waals surface area contributed by atoms with Crippen LogP contribution in [0, 0.1) is 15.5 Å². The molecule has 1 saturated carbocycles. The van der Waals surface area contributed by atoms with Crippen molar-refractivity contribution < 1.29 is 31.5 Å². The molecule has 1 aliphatic heterocycles. The number of aromatic amines is 1. The molecule has 1 saturated heterocycles. The molecule has 0 atom stereocenters. The molecule has 2 aromatic heterocycles. The number of benzene rings is 3. The SMILES string of the molecule is CC1(C)CCC(CN2CCN(c3ccc(C(=O)NS(=O)(=O)c4ccc(NCC5(F)CCC(N=S(C)(C)=O)CC5)c([N+](=O)[O-])c4)c(Oc4cnc5[nH]ccc5c4)c3)CC2)=C(c2ccc(Cl)cc2)C1. The monoisotopic (exact) mass is 974 g/mol. The van der Waals surface area contributed by atoms with Crippen molar-refractivity contribution in [2.45, 2.75) is 75.4 Å². The van der Waals surface area contributed by atoms with Gasteiger partial charge in [-0.2, -0.15) is 0 Å². The minimum Gasteiger partial charge on any atom is -0.455 e. The average Bonchev–Trinajstić information content (AvgIpc) is 3.75. The summed E-state index contributed by atoms with van der Waals surface area (Å²) in [7, 11) is -7.02. The molecule has 19 heteroatoms. The van der Waals surface area contributed by atoms with Gasteiger partial charge >= 0.3 is 0 Å². The maximum atomic E-state index is 15.8. The van der Waals surface area contributed by atoms with Crippen LogP contribution in [0.5, 0.6) is 11.5 Å². The first-order valence-electron chi connectivity index (χ1n) is 22.4. The normalized spacial score (nSPS) is 20.4. The number of pyridine rings is 1. The van der Waals surface area contributed by atoms with Crippen LogP contribution in [0.1, 0.15) is 74.7 Å². The van der Waals surface area contributed by atoms with E-state index in [1.165, 1.54) is 47.6 Å². The lowest BCUT2D eigenvalue weighted by atomic mass is 9.72. The van der Waals surface area contributed by atoms with Crippen molar-refractivity contribution in [3.8, 4) is 11.5 Å². The average molecular weight is 976 g/mol. The van der Waals surface area contributed by atoms with Gasteiger partial charge in [-0.05, 0) is 110 Å². The van der Waals surface area contributed by atoms with Gasteiger partial charge in [-0.1, -0.05) is 43.2 Å². The number of ether oxygens (including phenoxy) is 1. The quantitative estimate of drug-likeness (QED) is 0.0709. The zero-order chi connectivity index (χ0) is 47.7. The number of hydrogen-bond donors (Lipinski definition) is 3. The third-order valence-corrected chi connectivity index (χ3v) is 15.3. The number of carbonyl (C=O) groups is 1. The molecule has 0 bridgehead atoms. The number of nitrogens with one attached hydrogen (secondary N) is 3. The van der Waals surface area contributed by atoms with Crippen LogP contribution in [-0.4, -0.2) is 102 Å². The molecule has 1 amide bonds. The van der Waals surface area contributed by atoms with E-state index >= 15 is 4.39 Å². The number of nitro groups is 1. The van der Waals surface area contributed by atoms with Crippen LogP contribution < -0.4 is 19.7 Å². The van der Waals surface area contributed by atoms with E-state index in [1.807, 2.05) is 18.2 Å². The third-order valence-electron chi connectivity index (χ3n) is 12.9. The number of fused-ring (bicyclic) bond motifs is 1. The van der Waals surface area contributed by atoms with Crippen molar-refractivity contribution >= 4 is 70.9 Å². The molecule has 3 N–H and O–H groups in total. The standard InChI is InChI=1S/C48H56ClFN8O7S2/c1-47(2)17-13-34(41(28-47)32-5-7-35(49)8-6-32)30-56-21-23-57(24-22-56)37-9-11-40(44(26-37)65-38-25-33-16-20-51-45(33)52-29-38)46(59)55-67(63,64)39-10-12-42(43(27-39)58(60)61)53-31-48(50)18-14-36(15-19-48)54-66(3,4)62/h5-12,16,20,25-27,29,36,53H,13-15,17-19,21-24,28,30-31H2,1-4H3,(H,51,52)(H,55,59). The Balaban J connectivity index is 0.983. The lowest BCUT2D eigenvalue weighted by Crippen LogP contribution is -2.47. The Hall–Kier alpha value is -5.56. The number of nitrogens with zero attached hydrogens (tertiary/aromatic N) is 5. The molecule has 67 heavy (non-hydrogen) atoms. The Morgan fingerprint density at radius 3 is 2.43 bits per heavy atom. The summed E-state index contributed by atoms with van der Waals surface area (Å²) in [6, 6.07) is 19.6. The van der Waals surface area contributed by atoms with Gasteiger partial charge in [-0.3, -0.25) is 24.0 Å². The van der Waals surface area contributed by atoms with Gasteiger partial charge in [-0.25, -0.2) is 26.9 Å². The summed E-state index contributed by atoms with van der Waals surface area (Å²) in [5.74, 6) is -0.620. The summed E-state index contributed by atoms with van der Waals surface area (Å²) in [6.45, 7) is 8.21. The number of amides is 1. The zero-order valence-corrected chi connectivity index (χ0v) is 40.4. The number of alkyl halides is 1. The minimum atomic E-state index is -4.68. The Morgan fingerprint density at radius 1 is 1.00 bits per heavy atom. The summed E-state index contributed by atoms with van der Waals surface area (Å²) < 4.78 is 68.1. The molecule has 0 radical (unpaired) electrons. The molecule has 0 unspecified atom stereocenters. The number of allylic oxidation sites excluding steroid dienone is 1. The molecule has 0 spiro atoms. The largest absolute Gasteiger partial charge is 0.455 e. The topological polar surface area (TPSA) is 192 Å². The predicted octanol–water partition coefficient (Wildman–Crippen LogP) is 9.61. The van der Waals surface area contributed by atoms with Crippen molar-refractivity contribution in [3.05, 3.63) is 117 Å². The van der Waals surface area contributed by atoms with Crippen molar-refractivity contribution in [2.24, 2.45) is 9.78 Å². The van der Waals surface area contributed by atoms with Gasteiger partial charge in [0.2, 0.25) is 0 Å². The van der Waals surface area contributed by atoms with Crippen LogP contribution in [0.25, 0.3) is 16.6 Å². The van der Waals surface area contributed by atoms with Gasteiger partial charge in [0.1, 0.15) is 28.5 Å². The number of piperazine rings is 1. The third kappa shape index (κ3) is 11.8. The van der Waals surface area contributed by atoms with Gasteiger partial charge < -0.3 is 19.9 Å². The summed E-state index contributed by atoms with van der Waals surface area (Å²) >= 11 is 6.24. The van der Waals surface area contributed by atoms with Crippen molar-refractivity contribution in [2.75, 3.05) is 62.0 Å². The van der Waals surface area contributed by atoms with E-state index in [4.69, 9.17) is 16.3 Å². The molecular weight excluding hydrogens is 919 g/mol. The molecule has 8 rings (SSSR count). The van der Waals surface area contributed by atoms with Crippen molar-refractivity contribution in [1.29, 1.82) is 0 Å². The molecule has 3 heterocycles. The highest BCUT2D eigenvalue weighted by atomic mass is 35.5. The highest BCUT2D eigenvalue weighted by Crippen LogP contribution is 2.44. The summed E-state index contributed by atoms with van der Waals surface area (Å²) in [4.78, 5) is 37.0. The van der Waals surface area contributed by atoms with Crippen LogP contribution in [0.3, 0.4) is 0 Å². The molecule has 5 aromatic rings. The second-order valence-electron chi connectivity index (χ2n) is 19.0. The highest BCUT2D eigenvalue weighted by Gasteiger charge is 2.37. The lowest BCUT2D eigenvalue weighted by molar-refractivity contribution is -0.384. The first-order valence-corrected chi connectivity index (χ1v) is 26.5. The van der Waals surface area contributed by atoms with Crippen molar-refractivity contribution in [1.82, 2.24) is 19.6 Å². The minimum absolute atomic E-state index is 0.0813. The summed E-state index contributed by atoms with van der Waals surface area (Å²) in [5, 5.41) is 16.5. The molecule has 3 aliphatic rings. The Labute approximate surface area is 395 Å². The smallest absolute Gasteiger partial charge is 0.293 e. The number of aromatic nitrogens is 2. The fourth-order valence-electron chi connectivity index (χ4n) is 9.21. The number of anilines is 2. The van der Waals surface area contributed by atoms with E-state index in [-0.39, 0.29) is 47.8 Å². The molecule has 2 fully saturated rings. The number of rotatable bonds is 14. The highest BCUT2D eigenvalue weighted by molar-refractivity contribution is 7.92. The van der Waals surface area contributed by atoms with Crippen molar-refractivity contribution in [3.63, 3.8) is 0 Å². The van der Waals surface area contributed by atoms with Crippen LogP contribution in [0.4, 0.5) is 21.5 Å². The lowest BCUT2D eigenvalue weighted by Gasteiger charge is -2.39. The van der Waals surface area contributed by atoms with Crippen LogP contribution in [-0.2, 0) is 19.8 Å². The fourth-order valence-corrected chi connectivity index (χ4v) is 11.3. The maximum absolute atomic E-state index is 15.8. The number of sulfonamides is 1. The number of carbonyl (C=O) groups excluding carboxylic acids is 1.